The van der Waals surface area contributed by atoms with Crippen molar-refractivity contribution in [2.45, 2.75) is 36.5 Å². The first-order valence-electron chi connectivity index (χ1n) is 4.64. The van der Waals surface area contributed by atoms with Gasteiger partial charge in [0.1, 0.15) is 0 Å². The van der Waals surface area contributed by atoms with E-state index in [0.717, 1.165) is 18.4 Å². The molecular weight excluding hydrogens is 156 g/mol. The van der Waals surface area contributed by atoms with E-state index in [1.165, 1.54) is 25.7 Å². The van der Waals surface area contributed by atoms with Gasteiger partial charge >= 0.3 is 0 Å². The van der Waals surface area contributed by atoms with Crippen molar-refractivity contribution in [3.8, 4) is 0 Å². The lowest BCUT2D eigenvalue weighted by atomic mass is 9.58. The van der Waals surface area contributed by atoms with Gasteiger partial charge < -0.3 is 4.74 Å². The van der Waals surface area contributed by atoms with E-state index in [-0.39, 0.29) is 0 Å². The van der Waals surface area contributed by atoms with E-state index in [2.05, 4.69) is 12.6 Å². The highest BCUT2D eigenvalue weighted by Crippen LogP contribution is 2.61. The van der Waals surface area contributed by atoms with Crippen molar-refractivity contribution < 1.29 is 4.74 Å². The number of hydrogen-bond acceptors (Lipinski definition) is 2. The van der Waals surface area contributed by atoms with E-state index in [9.17, 15) is 0 Å². The van der Waals surface area contributed by atoms with Crippen LogP contribution in [0.1, 0.15) is 25.7 Å². The molecule has 4 fully saturated rings. The summed E-state index contributed by atoms with van der Waals surface area (Å²) in [5.74, 6) is 1.69. The van der Waals surface area contributed by atoms with Gasteiger partial charge in [0.05, 0.1) is 12.2 Å². The van der Waals surface area contributed by atoms with Gasteiger partial charge in [-0.15, -0.1) is 0 Å². The number of ether oxygens (including phenoxy) is 1. The Labute approximate surface area is 72.9 Å². The van der Waals surface area contributed by atoms with Gasteiger partial charge in [0, 0.05) is 11.2 Å². The summed E-state index contributed by atoms with van der Waals surface area (Å²) in [5, 5.41) is 0.644. The van der Waals surface area contributed by atoms with Crippen LogP contribution in [0.5, 0.6) is 0 Å². The SMILES string of the molecule is SC1CCCC23CC(CO2)C13. The van der Waals surface area contributed by atoms with Crippen LogP contribution in [0.25, 0.3) is 0 Å². The lowest BCUT2D eigenvalue weighted by Crippen LogP contribution is -2.54. The molecule has 2 aliphatic carbocycles. The number of hydrogen-bond donors (Lipinski definition) is 1. The van der Waals surface area contributed by atoms with Crippen LogP contribution in [0.2, 0.25) is 0 Å². The van der Waals surface area contributed by atoms with Crippen molar-refractivity contribution in [1.82, 2.24) is 0 Å². The Morgan fingerprint density at radius 3 is 3.09 bits per heavy atom. The van der Waals surface area contributed by atoms with E-state index < -0.39 is 0 Å². The third-order valence-electron chi connectivity index (χ3n) is 3.82. The summed E-state index contributed by atoms with van der Waals surface area (Å²) in [6.45, 7) is 1.03. The van der Waals surface area contributed by atoms with Crippen LogP contribution in [-0.4, -0.2) is 17.5 Å². The summed E-state index contributed by atoms with van der Waals surface area (Å²) in [7, 11) is 0. The molecule has 2 bridgehead atoms. The van der Waals surface area contributed by atoms with Crippen LogP contribution in [0.4, 0.5) is 0 Å². The molecule has 4 unspecified atom stereocenters. The Bertz CT molecular complexity index is 190. The zero-order valence-corrected chi connectivity index (χ0v) is 7.52. The molecule has 1 nitrogen and oxygen atoms in total. The molecule has 1 spiro atoms. The predicted molar refractivity (Wildman–Crippen MR) is 46.9 cm³/mol. The van der Waals surface area contributed by atoms with E-state index in [0.29, 0.717) is 10.9 Å². The Morgan fingerprint density at radius 2 is 2.36 bits per heavy atom. The fraction of sp³-hybridized carbons (Fsp3) is 1.00. The largest absolute Gasteiger partial charge is 0.374 e. The second kappa shape index (κ2) is 1.97. The Hall–Kier alpha value is 0.310. The summed E-state index contributed by atoms with van der Waals surface area (Å²) >= 11 is 4.64. The van der Waals surface area contributed by atoms with Crippen LogP contribution >= 0.6 is 12.6 Å². The highest BCUT2D eigenvalue weighted by atomic mass is 32.1. The van der Waals surface area contributed by atoms with E-state index >= 15 is 0 Å². The van der Waals surface area contributed by atoms with Gasteiger partial charge in [0.25, 0.3) is 0 Å². The normalized spacial score (nSPS) is 60.3. The van der Waals surface area contributed by atoms with Crippen molar-refractivity contribution in [3.63, 3.8) is 0 Å². The Morgan fingerprint density at radius 1 is 1.45 bits per heavy atom. The van der Waals surface area contributed by atoms with Crippen LogP contribution in [0.15, 0.2) is 0 Å². The first kappa shape index (κ1) is 6.79. The minimum Gasteiger partial charge on any atom is -0.374 e. The maximum Gasteiger partial charge on any atom is 0.0728 e. The van der Waals surface area contributed by atoms with Gasteiger partial charge in [-0.05, 0) is 31.6 Å². The third-order valence-corrected chi connectivity index (χ3v) is 4.40. The fourth-order valence-corrected chi connectivity index (χ4v) is 4.06. The van der Waals surface area contributed by atoms with Crippen molar-refractivity contribution in [1.29, 1.82) is 0 Å². The lowest BCUT2D eigenvalue weighted by molar-refractivity contribution is -0.0749. The zero-order chi connectivity index (χ0) is 7.47. The lowest BCUT2D eigenvalue weighted by Gasteiger charge is -2.51. The summed E-state index contributed by atoms with van der Waals surface area (Å²) < 4.78 is 5.84. The van der Waals surface area contributed by atoms with Gasteiger partial charge in [-0.2, -0.15) is 12.6 Å². The minimum absolute atomic E-state index is 0.329. The molecule has 0 amide bonds. The van der Waals surface area contributed by atoms with E-state index in [1.54, 1.807) is 0 Å². The summed E-state index contributed by atoms with van der Waals surface area (Å²) in [5.41, 5.74) is 0.329. The molecule has 2 aliphatic heterocycles. The predicted octanol–water partition coefficient (Wildman–Crippen LogP) is 1.87. The zero-order valence-electron chi connectivity index (χ0n) is 6.62. The van der Waals surface area contributed by atoms with Crippen molar-refractivity contribution in [2.75, 3.05) is 6.61 Å². The van der Waals surface area contributed by atoms with Crippen molar-refractivity contribution in [2.24, 2.45) is 11.8 Å². The van der Waals surface area contributed by atoms with E-state index in [1.807, 2.05) is 0 Å². The molecule has 2 saturated heterocycles. The summed E-state index contributed by atoms with van der Waals surface area (Å²) in [6, 6.07) is 0. The Kier molecular flexibility index (Phi) is 1.21. The first-order valence-corrected chi connectivity index (χ1v) is 5.15. The second-order valence-corrected chi connectivity index (χ2v) is 4.99. The summed E-state index contributed by atoms with van der Waals surface area (Å²) in [4.78, 5) is 0. The van der Waals surface area contributed by atoms with Crippen molar-refractivity contribution >= 4 is 12.6 Å². The summed E-state index contributed by atoms with van der Waals surface area (Å²) in [6.07, 6.45) is 5.30. The monoisotopic (exact) mass is 170 g/mol. The molecule has 2 heterocycles. The van der Waals surface area contributed by atoms with Gasteiger partial charge in [-0.3, -0.25) is 0 Å². The maximum atomic E-state index is 5.84. The average molecular weight is 170 g/mol. The first-order chi connectivity index (χ1) is 5.32. The van der Waals surface area contributed by atoms with Gasteiger partial charge in [0.15, 0.2) is 0 Å². The van der Waals surface area contributed by atoms with Crippen LogP contribution in [0, 0.1) is 11.8 Å². The fourth-order valence-electron chi connectivity index (χ4n) is 3.36. The molecule has 0 aromatic rings. The molecular formula is C9H14OS. The highest BCUT2D eigenvalue weighted by molar-refractivity contribution is 7.81. The highest BCUT2D eigenvalue weighted by Gasteiger charge is 2.63. The minimum atomic E-state index is 0.329. The molecule has 2 heteroatoms. The Balaban J connectivity index is 1.92. The van der Waals surface area contributed by atoms with Gasteiger partial charge in [-0.25, -0.2) is 0 Å². The molecule has 4 aliphatic rings. The number of thiol groups is 1. The van der Waals surface area contributed by atoms with Gasteiger partial charge in [-0.1, -0.05) is 0 Å². The van der Waals surface area contributed by atoms with E-state index in [4.69, 9.17) is 4.74 Å². The smallest absolute Gasteiger partial charge is 0.0728 e. The second-order valence-electron chi connectivity index (χ2n) is 4.33. The van der Waals surface area contributed by atoms with Crippen LogP contribution in [0.3, 0.4) is 0 Å². The molecule has 0 radical (unpaired) electrons. The molecule has 0 N–H and O–H groups in total. The molecule has 2 saturated carbocycles. The standard InChI is InChI=1S/C9H14OS/c11-7-2-1-3-9-4-6(5-10-9)8(7)9/h6-8,11H,1-5H2. The molecule has 11 heavy (non-hydrogen) atoms. The molecule has 4 rings (SSSR count). The average Bonchev–Trinajstić information content (AvgIpc) is 2.43. The maximum absolute atomic E-state index is 5.84. The molecule has 0 aromatic carbocycles. The topological polar surface area (TPSA) is 9.23 Å². The molecule has 0 aromatic heterocycles. The van der Waals surface area contributed by atoms with Gasteiger partial charge in [0.2, 0.25) is 0 Å². The van der Waals surface area contributed by atoms with Crippen molar-refractivity contribution in [3.05, 3.63) is 0 Å². The van der Waals surface area contributed by atoms with Crippen LogP contribution in [-0.2, 0) is 4.74 Å². The molecule has 62 valence electrons. The molecule has 4 atom stereocenters. The third kappa shape index (κ3) is 0.682. The van der Waals surface area contributed by atoms with Crippen LogP contribution < -0.4 is 0 Å². The number of rotatable bonds is 0. The quantitative estimate of drug-likeness (QED) is 0.546. The number of fused-ring (bicyclic) bond motifs is 1.